The maximum atomic E-state index is 11.0. The van der Waals surface area contributed by atoms with Crippen molar-refractivity contribution in [2.75, 3.05) is 45.8 Å². The minimum Gasteiger partial charge on any atom is -0.490 e. The van der Waals surface area contributed by atoms with Crippen LogP contribution >= 0.6 is 7.60 Å². The first kappa shape index (κ1) is 53.2. The fraction of sp³-hybridized carbons (Fsp3) is 0.667. The zero-order chi connectivity index (χ0) is 45.8. The van der Waals surface area contributed by atoms with Crippen LogP contribution in [0.1, 0.15) is 189 Å². The lowest BCUT2D eigenvalue weighted by molar-refractivity contribution is 0.260. The summed E-state index contributed by atoms with van der Waals surface area (Å²) < 4.78 is 50.1. The normalized spacial score (nSPS) is 11.8. The van der Waals surface area contributed by atoms with E-state index < -0.39 is 7.60 Å². The monoisotopic (exact) mass is 909 g/mol. The maximum Gasteiger partial charge on any atom is 0.325 e. The SMILES string of the molecule is CCCCOc1cc2c3cc(OCCCC)c(OCCCC)cc3c3cc(OCCCCCCCCCCCCCCCCP(=O)(O)O)c(OCCCC)cc3c2cc1OCCCC. The van der Waals surface area contributed by atoms with E-state index in [9.17, 15) is 4.57 Å². The first-order valence-electron chi connectivity index (χ1n) is 25.6. The Bertz CT molecular complexity index is 1910. The molecule has 0 amide bonds. The molecule has 64 heavy (non-hydrogen) atoms. The standard InChI is InChI=1S/C54H85O9P/c1-6-11-30-58-49-37-43-44-38-50(59-31-12-7-2)52(61-33-14-9-4)40-46(44)48-42-54(53(62-34-15-10-5)41-47(48)45(43)39-51(49)60-32-13-8-3)63-35-28-26-24-22-20-18-16-17-19-21-23-25-27-29-36-64(55,56)57/h37-42H,6-36H2,1-5H3,(H2,55,56,57). The number of benzene rings is 4. The van der Waals surface area contributed by atoms with Gasteiger partial charge in [0.15, 0.2) is 34.5 Å². The van der Waals surface area contributed by atoms with E-state index in [-0.39, 0.29) is 6.16 Å². The number of hydrogen-bond acceptors (Lipinski definition) is 7. The van der Waals surface area contributed by atoms with Crippen LogP contribution in [-0.4, -0.2) is 55.6 Å². The Morgan fingerprint density at radius 1 is 0.312 bits per heavy atom. The molecular formula is C54H85O9P. The molecular weight excluding hydrogens is 824 g/mol. The predicted molar refractivity (Wildman–Crippen MR) is 268 cm³/mol. The molecule has 0 saturated heterocycles. The lowest BCUT2D eigenvalue weighted by atomic mass is 9.93. The van der Waals surface area contributed by atoms with Crippen LogP contribution in [0, 0.1) is 0 Å². The molecule has 4 rings (SSSR count). The summed E-state index contributed by atoms with van der Waals surface area (Å²) in [6.07, 6.45) is 26.1. The van der Waals surface area contributed by atoms with Gasteiger partial charge in [-0.05, 0) is 114 Å². The van der Waals surface area contributed by atoms with Crippen molar-refractivity contribution >= 4 is 39.9 Å². The first-order valence-corrected chi connectivity index (χ1v) is 27.4. The van der Waals surface area contributed by atoms with Crippen LogP contribution in [0.2, 0.25) is 0 Å². The smallest absolute Gasteiger partial charge is 0.325 e. The highest BCUT2D eigenvalue weighted by atomic mass is 31.2. The zero-order valence-electron chi connectivity index (χ0n) is 40.6. The molecule has 0 aliphatic carbocycles. The molecule has 0 radical (unpaired) electrons. The molecule has 0 unspecified atom stereocenters. The van der Waals surface area contributed by atoms with Gasteiger partial charge in [-0.2, -0.15) is 0 Å². The Morgan fingerprint density at radius 2 is 0.500 bits per heavy atom. The van der Waals surface area contributed by atoms with E-state index in [1.54, 1.807) is 0 Å². The summed E-state index contributed by atoms with van der Waals surface area (Å²) in [5.74, 6) is 4.64. The van der Waals surface area contributed by atoms with Gasteiger partial charge < -0.3 is 38.2 Å². The fourth-order valence-corrected chi connectivity index (χ4v) is 8.68. The van der Waals surface area contributed by atoms with Crippen molar-refractivity contribution in [3.8, 4) is 34.5 Å². The lowest BCUT2D eigenvalue weighted by Gasteiger charge is -2.20. The summed E-state index contributed by atoms with van der Waals surface area (Å²) in [7, 11) is -3.84. The van der Waals surface area contributed by atoms with E-state index in [0.717, 1.165) is 163 Å². The second-order valence-corrected chi connectivity index (χ2v) is 19.5. The molecule has 0 spiro atoms. The Kier molecular flexibility index (Phi) is 25.6. The van der Waals surface area contributed by atoms with Gasteiger partial charge in [-0.25, -0.2) is 0 Å². The number of rotatable bonds is 38. The molecule has 0 aliphatic heterocycles. The van der Waals surface area contributed by atoms with Crippen LogP contribution in [0.3, 0.4) is 0 Å². The van der Waals surface area contributed by atoms with Crippen LogP contribution in [0.25, 0.3) is 32.3 Å². The van der Waals surface area contributed by atoms with Crippen LogP contribution in [-0.2, 0) is 4.57 Å². The average molecular weight is 909 g/mol. The molecule has 0 atom stereocenters. The lowest BCUT2D eigenvalue weighted by Crippen LogP contribution is -2.04. The minimum absolute atomic E-state index is 0.0238. The number of fused-ring (bicyclic) bond motifs is 6. The molecule has 4 aromatic carbocycles. The molecule has 4 aromatic rings. The molecule has 9 nitrogen and oxygen atoms in total. The number of hydrogen-bond donors (Lipinski definition) is 2. The van der Waals surface area contributed by atoms with Gasteiger partial charge in [0.25, 0.3) is 0 Å². The number of unbranched alkanes of at least 4 members (excludes halogenated alkanes) is 18. The topological polar surface area (TPSA) is 113 Å². The predicted octanol–water partition coefficient (Wildman–Crippen LogP) is 16.1. The van der Waals surface area contributed by atoms with Gasteiger partial charge in [-0.3, -0.25) is 4.57 Å². The highest BCUT2D eigenvalue weighted by molar-refractivity contribution is 7.51. The highest BCUT2D eigenvalue weighted by Crippen LogP contribution is 2.47. The second kappa shape index (κ2) is 30.7. The summed E-state index contributed by atoms with van der Waals surface area (Å²) in [6, 6.07) is 13.1. The molecule has 2 N–H and O–H groups in total. The van der Waals surface area contributed by atoms with Gasteiger partial charge >= 0.3 is 7.60 Å². The largest absolute Gasteiger partial charge is 0.490 e. The average Bonchev–Trinajstić information content (AvgIpc) is 3.28. The van der Waals surface area contributed by atoms with Crippen LogP contribution in [0.4, 0.5) is 0 Å². The minimum atomic E-state index is -3.84. The first-order chi connectivity index (χ1) is 31.2. The fourth-order valence-electron chi connectivity index (χ4n) is 8.05. The zero-order valence-corrected chi connectivity index (χ0v) is 41.5. The van der Waals surface area contributed by atoms with Crippen molar-refractivity contribution < 1.29 is 42.8 Å². The van der Waals surface area contributed by atoms with Crippen molar-refractivity contribution in [3.63, 3.8) is 0 Å². The highest BCUT2D eigenvalue weighted by Gasteiger charge is 2.21. The van der Waals surface area contributed by atoms with Gasteiger partial charge in [0.1, 0.15) is 0 Å². The van der Waals surface area contributed by atoms with E-state index >= 15 is 0 Å². The van der Waals surface area contributed by atoms with Gasteiger partial charge in [0.05, 0.1) is 39.6 Å². The molecule has 0 fully saturated rings. The molecule has 0 saturated carbocycles. The van der Waals surface area contributed by atoms with Crippen molar-refractivity contribution in [2.24, 2.45) is 0 Å². The third-order valence-corrected chi connectivity index (χ3v) is 12.9. The van der Waals surface area contributed by atoms with Gasteiger partial charge in [0, 0.05) is 6.16 Å². The third kappa shape index (κ3) is 18.5. The summed E-state index contributed by atoms with van der Waals surface area (Å²) >= 11 is 0. The maximum absolute atomic E-state index is 11.0. The Hall–Kier alpha value is -3.39. The molecule has 10 heteroatoms. The number of ether oxygens (including phenoxy) is 6. The Balaban J connectivity index is 1.56. The van der Waals surface area contributed by atoms with Gasteiger partial charge in [-0.1, -0.05) is 144 Å². The van der Waals surface area contributed by atoms with Gasteiger partial charge in [-0.15, -0.1) is 0 Å². The van der Waals surface area contributed by atoms with Crippen molar-refractivity contribution in [2.45, 2.75) is 189 Å². The van der Waals surface area contributed by atoms with E-state index in [2.05, 4.69) is 71.0 Å². The van der Waals surface area contributed by atoms with E-state index in [1.807, 2.05) is 0 Å². The van der Waals surface area contributed by atoms with Crippen LogP contribution < -0.4 is 28.4 Å². The van der Waals surface area contributed by atoms with Crippen molar-refractivity contribution in [1.82, 2.24) is 0 Å². The quantitative estimate of drug-likeness (QED) is 0.0258. The molecule has 0 aliphatic rings. The van der Waals surface area contributed by atoms with E-state index in [4.69, 9.17) is 38.2 Å². The Morgan fingerprint density at radius 3 is 0.703 bits per heavy atom. The molecule has 0 bridgehead atoms. The molecule has 0 heterocycles. The molecule has 360 valence electrons. The van der Waals surface area contributed by atoms with Crippen LogP contribution in [0.15, 0.2) is 36.4 Å². The summed E-state index contributed by atoms with van der Waals surface area (Å²) in [4.78, 5) is 18.0. The summed E-state index contributed by atoms with van der Waals surface area (Å²) in [6.45, 7) is 14.7. The third-order valence-electron chi connectivity index (χ3n) is 12.0. The van der Waals surface area contributed by atoms with E-state index in [0.29, 0.717) is 46.1 Å². The van der Waals surface area contributed by atoms with Gasteiger partial charge in [0.2, 0.25) is 0 Å². The van der Waals surface area contributed by atoms with E-state index in [1.165, 1.54) is 51.4 Å². The molecule has 0 aromatic heterocycles. The summed E-state index contributed by atoms with van der Waals surface area (Å²) in [5.41, 5.74) is 0. The second-order valence-electron chi connectivity index (χ2n) is 17.7. The van der Waals surface area contributed by atoms with Crippen molar-refractivity contribution in [3.05, 3.63) is 36.4 Å². The van der Waals surface area contributed by atoms with Crippen LogP contribution in [0.5, 0.6) is 34.5 Å². The Labute approximate surface area is 386 Å². The summed E-state index contributed by atoms with van der Waals surface area (Å²) in [5, 5.41) is 6.48. The van der Waals surface area contributed by atoms with Crippen molar-refractivity contribution in [1.29, 1.82) is 0 Å².